The second-order valence-electron chi connectivity index (χ2n) is 7.44. The molecule has 4 rings (SSSR count). The van der Waals surface area contributed by atoms with Gasteiger partial charge < -0.3 is 10.4 Å². The van der Waals surface area contributed by atoms with Crippen molar-refractivity contribution in [3.05, 3.63) is 96.1 Å². The lowest BCUT2D eigenvalue weighted by Gasteiger charge is -2.17. The third-order valence-electron chi connectivity index (χ3n) is 5.40. The van der Waals surface area contributed by atoms with Gasteiger partial charge >= 0.3 is 5.97 Å². The minimum atomic E-state index is -1.01. The maximum atomic E-state index is 13.2. The Hall–Kier alpha value is -3.66. The molecule has 0 aromatic heterocycles. The quantitative estimate of drug-likeness (QED) is 0.421. The molecule has 0 bridgehead atoms. The van der Waals surface area contributed by atoms with Crippen LogP contribution in [-0.4, -0.2) is 23.0 Å². The number of carboxylic acids is 1. The van der Waals surface area contributed by atoms with Gasteiger partial charge in [0.25, 0.3) is 5.91 Å². The van der Waals surface area contributed by atoms with E-state index < -0.39 is 12.0 Å². The number of nitrogens with one attached hydrogen (secondary N) is 1. The van der Waals surface area contributed by atoms with Crippen LogP contribution in [0.4, 0.5) is 0 Å². The van der Waals surface area contributed by atoms with E-state index in [9.17, 15) is 14.7 Å². The van der Waals surface area contributed by atoms with Gasteiger partial charge in [-0.15, -0.1) is 0 Å². The molecule has 0 spiro atoms. The summed E-state index contributed by atoms with van der Waals surface area (Å²) >= 11 is 0. The van der Waals surface area contributed by atoms with Gasteiger partial charge in [0.1, 0.15) is 6.04 Å². The summed E-state index contributed by atoms with van der Waals surface area (Å²) in [6, 6.07) is 26.5. The van der Waals surface area contributed by atoms with Gasteiger partial charge in [-0.25, -0.2) is 4.79 Å². The van der Waals surface area contributed by atoms with Crippen LogP contribution in [0.15, 0.2) is 84.9 Å². The standard InChI is InChI=1S/C26H23NO3/c28-25(27-23(26(29)30)16-8-11-18-9-2-1-3-10-18)24-21-14-6-4-12-19(21)17-20-13-5-7-15-22(20)24/h1-7,9-10,12-15,17,23H,8,11,16H2,(H,27,28)(H,29,30)/t23-/m0/s1. The fraction of sp³-hybridized carbons (Fsp3) is 0.154. The van der Waals surface area contributed by atoms with Crippen molar-refractivity contribution in [2.75, 3.05) is 0 Å². The number of carbonyl (C=O) groups is 2. The molecule has 30 heavy (non-hydrogen) atoms. The molecular weight excluding hydrogens is 374 g/mol. The highest BCUT2D eigenvalue weighted by atomic mass is 16.4. The molecule has 0 radical (unpaired) electrons. The van der Waals surface area contributed by atoms with Crippen LogP contribution in [0.2, 0.25) is 0 Å². The van der Waals surface area contributed by atoms with Crippen LogP contribution in [0.25, 0.3) is 21.5 Å². The molecule has 0 aliphatic carbocycles. The van der Waals surface area contributed by atoms with Crippen LogP contribution in [-0.2, 0) is 11.2 Å². The van der Waals surface area contributed by atoms with E-state index in [0.29, 0.717) is 18.4 Å². The van der Waals surface area contributed by atoms with Crippen molar-refractivity contribution in [2.45, 2.75) is 25.3 Å². The summed E-state index contributed by atoms with van der Waals surface area (Å²) in [7, 11) is 0. The fourth-order valence-electron chi connectivity index (χ4n) is 3.90. The van der Waals surface area contributed by atoms with Gasteiger partial charge in [-0.1, -0.05) is 78.9 Å². The van der Waals surface area contributed by atoms with Crippen LogP contribution in [0.5, 0.6) is 0 Å². The van der Waals surface area contributed by atoms with E-state index in [1.54, 1.807) is 0 Å². The van der Waals surface area contributed by atoms with Crippen molar-refractivity contribution in [2.24, 2.45) is 0 Å². The second-order valence-corrected chi connectivity index (χ2v) is 7.44. The molecule has 150 valence electrons. The molecule has 4 heteroatoms. The van der Waals surface area contributed by atoms with Crippen LogP contribution in [0.3, 0.4) is 0 Å². The van der Waals surface area contributed by atoms with Crippen molar-refractivity contribution in [3.8, 4) is 0 Å². The fourth-order valence-corrected chi connectivity index (χ4v) is 3.90. The summed E-state index contributed by atoms with van der Waals surface area (Å²) in [5.41, 5.74) is 1.69. The van der Waals surface area contributed by atoms with Crippen molar-refractivity contribution in [1.29, 1.82) is 0 Å². The first-order valence-corrected chi connectivity index (χ1v) is 10.1. The highest BCUT2D eigenvalue weighted by molar-refractivity contribution is 6.18. The summed E-state index contributed by atoms with van der Waals surface area (Å²) in [6.45, 7) is 0. The predicted octanol–water partition coefficient (Wildman–Crippen LogP) is 5.20. The third kappa shape index (κ3) is 4.18. The van der Waals surface area contributed by atoms with Crippen molar-refractivity contribution in [1.82, 2.24) is 5.32 Å². The summed E-state index contributed by atoms with van der Waals surface area (Å²) in [4.78, 5) is 25.1. The Labute approximate surface area is 175 Å². The first-order valence-electron chi connectivity index (χ1n) is 10.1. The maximum absolute atomic E-state index is 13.2. The van der Waals surface area contributed by atoms with E-state index in [0.717, 1.165) is 33.5 Å². The Morgan fingerprint density at radius 3 is 1.97 bits per heavy atom. The van der Waals surface area contributed by atoms with Gasteiger partial charge in [0.15, 0.2) is 0 Å². The number of aryl methyl sites for hydroxylation is 1. The summed E-state index contributed by atoms with van der Waals surface area (Å²) < 4.78 is 0. The Morgan fingerprint density at radius 1 is 0.800 bits per heavy atom. The minimum Gasteiger partial charge on any atom is -0.480 e. The Morgan fingerprint density at radius 2 is 1.37 bits per heavy atom. The van der Waals surface area contributed by atoms with Gasteiger partial charge in [0, 0.05) is 0 Å². The molecule has 1 atom stereocenters. The number of benzene rings is 4. The lowest BCUT2D eigenvalue weighted by atomic mass is 9.96. The van der Waals surface area contributed by atoms with Crippen molar-refractivity contribution in [3.63, 3.8) is 0 Å². The van der Waals surface area contributed by atoms with E-state index in [4.69, 9.17) is 0 Å². The van der Waals surface area contributed by atoms with E-state index in [1.165, 1.54) is 0 Å². The normalized spacial score (nSPS) is 12.0. The van der Waals surface area contributed by atoms with Crippen LogP contribution >= 0.6 is 0 Å². The predicted molar refractivity (Wildman–Crippen MR) is 120 cm³/mol. The van der Waals surface area contributed by atoms with Crippen LogP contribution in [0.1, 0.15) is 28.8 Å². The second kappa shape index (κ2) is 8.78. The molecule has 4 aromatic rings. The minimum absolute atomic E-state index is 0.352. The monoisotopic (exact) mass is 397 g/mol. The topological polar surface area (TPSA) is 66.4 Å². The number of hydrogen-bond donors (Lipinski definition) is 2. The lowest BCUT2D eigenvalue weighted by Crippen LogP contribution is -2.41. The highest BCUT2D eigenvalue weighted by Crippen LogP contribution is 2.28. The first kappa shape index (κ1) is 19.6. The van der Waals surface area contributed by atoms with Crippen LogP contribution in [0, 0.1) is 0 Å². The summed E-state index contributed by atoms with van der Waals surface area (Å²) in [5, 5.41) is 16.0. The number of carboxylic acid groups (broad SMARTS) is 1. The number of rotatable bonds is 7. The number of aliphatic carboxylic acids is 1. The number of carbonyl (C=O) groups excluding carboxylic acids is 1. The molecule has 0 aliphatic rings. The molecule has 2 N–H and O–H groups in total. The molecule has 4 aromatic carbocycles. The summed E-state index contributed by atoms with van der Waals surface area (Å²) in [5.74, 6) is -1.36. The first-order chi connectivity index (χ1) is 14.6. The highest BCUT2D eigenvalue weighted by Gasteiger charge is 2.23. The van der Waals surface area contributed by atoms with Gasteiger partial charge in [-0.05, 0) is 52.4 Å². The molecule has 0 fully saturated rings. The third-order valence-corrected chi connectivity index (χ3v) is 5.40. The van der Waals surface area contributed by atoms with Crippen LogP contribution < -0.4 is 5.32 Å². The molecule has 1 amide bonds. The zero-order valence-electron chi connectivity index (χ0n) is 16.5. The Balaban J connectivity index is 1.59. The van der Waals surface area contributed by atoms with Crippen molar-refractivity contribution < 1.29 is 14.7 Å². The maximum Gasteiger partial charge on any atom is 0.326 e. The van der Waals surface area contributed by atoms with E-state index >= 15 is 0 Å². The molecule has 0 heterocycles. The molecule has 0 aliphatic heterocycles. The van der Waals surface area contributed by atoms with Gasteiger partial charge in [0.2, 0.25) is 0 Å². The Bertz CT molecular complexity index is 1150. The Kier molecular flexibility index (Phi) is 5.75. The van der Waals surface area contributed by atoms with Crippen molar-refractivity contribution >= 4 is 33.4 Å². The number of fused-ring (bicyclic) bond motifs is 2. The van der Waals surface area contributed by atoms with E-state index in [1.807, 2.05) is 78.9 Å². The lowest BCUT2D eigenvalue weighted by molar-refractivity contribution is -0.139. The molecule has 0 unspecified atom stereocenters. The zero-order valence-corrected chi connectivity index (χ0v) is 16.5. The average Bonchev–Trinajstić information content (AvgIpc) is 2.77. The molecule has 4 nitrogen and oxygen atoms in total. The number of amides is 1. The van der Waals surface area contributed by atoms with Gasteiger partial charge in [0.05, 0.1) is 5.56 Å². The summed E-state index contributed by atoms with van der Waals surface area (Å²) in [6.07, 6.45) is 1.83. The molecule has 0 saturated heterocycles. The molecular formula is C26H23NO3. The largest absolute Gasteiger partial charge is 0.480 e. The number of hydrogen-bond acceptors (Lipinski definition) is 2. The molecule has 0 saturated carbocycles. The van der Waals surface area contributed by atoms with Gasteiger partial charge in [-0.3, -0.25) is 4.79 Å². The zero-order chi connectivity index (χ0) is 20.9. The smallest absolute Gasteiger partial charge is 0.326 e. The van der Waals surface area contributed by atoms with E-state index in [2.05, 4.69) is 11.4 Å². The van der Waals surface area contributed by atoms with E-state index in [-0.39, 0.29) is 5.91 Å². The average molecular weight is 397 g/mol. The van der Waals surface area contributed by atoms with Gasteiger partial charge in [-0.2, -0.15) is 0 Å². The SMILES string of the molecule is O=C(N[C@@H](CCCc1ccccc1)C(=O)O)c1c2ccccc2cc2ccccc12.